The van der Waals surface area contributed by atoms with Gasteiger partial charge < -0.3 is 5.11 Å². The molecule has 1 N–H and O–H groups in total. The van der Waals surface area contributed by atoms with Crippen molar-refractivity contribution in [2.75, 3.05) is 0 Å². The zero-order valence-electron chi connectivity index (χ0n) is 16.0. The minimum absolute atomic E-state index is 0.334. The third-order valence-corrected chi connectivity index (χ3v) is 5.18. The highest BCUT2D eigenvalue weighted by Crippen LogP contribution is 2.28. The second-order valence-electron chi connectivity index (χ2n) is 8.31. The number of halogens is 2. The van der Waals surface area contributed by atoms with Crippen LogP contribution in [0.2, 0.25) is 0 Å². The molecular formula is C20H38Cl2O2. The van der Waals surface area contributed by atoms with Crippen LogP contribution >= 0.6 is 23.2 Å². The molecular weight excluding hydrogens is 343 g/mol. The first-order valence-electron chi connectivity index (χ1n) is 9.76. The molecule has 0 saturated heterocycles. The summed E-state index contributed by atoms with van der Waals surface area (Å²) in [5.74, 6) is -1.13. The molecule has 24 heavy (non-hydrogen) atoms. The molecule has 4 heteroatoms. The maximum absolute atomic E-state index is 10.8. The second kappa shape index (κ2) is 13.3. The van der Waals surface area contributed by atoms with Gasteiger partial charge in [-0.1, -0.05) is 115 Å². The largest absolute Gasteiger partial charge is 0.479 e. The number of unbranched alkanes of at least 4 members (excludes halogenated alkanes) is 11. The van der Waals surface area contributed by atoms with E-state index in [-0.39, 0.29) is 0 Å². The maximum atomic E-state index is 10.8. The van der Waals surface area contributed by atoms with Crippen molar-refractivity contribution in [1.29, 1.82) is 0 Å². The van der Waals surface area contributed by atoms with Crippen LogP contribution < -0.4 is 0 Å². The highest BCUT2D eigenvalue weighted by molar-refractivity contribution is 6.57. The Morgan fingerprint density at radius 2 is 0.958 bits per heavy atom. The molecule has 0 amide bonds. The molecule has 144 valence electrons. The summed E-state index contributed by atoms with van der Waals surface area (Å²) in [6.07, 6.45) is 16.7. The zero-order chi connectivity index (χ0) is 18.5. The summed E-state index contributed by atoms with van der Waals surface area (Å²) in [5.41, 5.74) is 0.489. The van der Waals surface area contributed by atoms with Crippen molar-refractivity contribution in [3.05, 3.63) is 0 Å². The molecule has 0 rings (SSSR count). The van der Waals surface area contributed by atoms with Gasteiger partial charge in [0.25, 0.3) is 0 Å². The maximum Gasteiger partial charge on any atom is 0.340 e. The molecule has 0 aromatic rings. The fraction of sp³-hybridized carbons (Fsp3) is 0.950. The van der Waals surface area contributed by atoms with E-state index in [1.807, 2.05) is 0 Å². The minimum Gasteiger partial charge on any atom is -0.479 e. The quantitative estimate of drug-likeness (QED) is 0.232. The average molecular weight is 381 g/mol. The number of hydrogen-bond acceptors (Lipinski definition) is 1. The van der Waals surface area contributed by atoms with Crippen molar-refractivity contribution in [3.63, 3.8) is 0 Å². The molecule has 0 aromatic carbocycles. The van der Waals surface area contributed by atoms with Gasteiger partial charge in [-0.15, -0.1) is 0 Å². The van der Waals surface area contributed by atoms with Crippen molar-refractivity contribution in [3.8, 4) is 0 Å². The number of carboxylic acids is 1. The number of rotatable bonds is 15. The number of carbonyl (C=O) groups is 1. The summed E-state index contributed by atoms with van der Waals surface area (Å²) < 4.78 is -1.60. The number of aliphatic carboxylic acids is 1. The topological polar surface area (TPSA) is 37.3 Å². The molecule has 0 atom stereocenters. The lowest BCUT2D eigenvalue weighted by Crippen LogP contribution is -2.25. The Balaban J connectivity index is 3.22. The van der Waals surface area contributed by atoms with Gasteiger partial charge in [-0.3, -0.25) is 0 Å². The molecule has 0 aliphatic rings. The summed E-state index contributed by atoms with van der Waals surface area (Å²) in [5, 5.41) is 8.80. The Bertz CT molecular complexity index is 322. The fourth-order valence-electron chi connectivity index (χ4n) is 2.88. The van der Waals surface area contributed by atoms with Crippen LogP contribution in [0.5, 0.6) is 0 Å². The van der Waals surface area contributed by atoms with E-state index in [0.717, 1.165) is 19.3 Å². The number of carboxylic acid groups (broad SMARTS) is 1. The Morgan fingerprint density at radius 1 is 0.667 bits per heavy atom. The first-order chi connectivity index (χ1) is 11.2. The lowest BCUT2D eigenvalue weighted by Gasteiger charge is -2.17. The summed E-state index contributed by atoms with van der Waals surface area (Å²) in [6, 6.07) is 0. The van der Waals surface area contributed by atoms with E-state index >= 15 is 0 Å². The highest BCUT2D eigenvalue weighted by atomic mass is 35.5. The van der Waals surface area contributed by atoms with Crippen molar-refractivity contribution in [2.45, 2.75) is 115 Å². The normalized spacial score (nSPS) is 12.5. The van der Waals surface area contributed by atoms with E-state index in [1.165, 1.54) is 64.2 Å². The average Bonchev–Trinajstić information content (AvgIpc) is 2.46. The summed E-state index contributed by atoms with van der Waals surface area (Å²) in [6.45, 7) is 6.96. The standard InChI is InChI=1S/C20H38Cl2O2/c1-19(2,3)16-14-12-10-8-6-4-5-7-9-11-13-15-17-20(21,22)18(23)24/h4-17H2,1-3H3,(H,23,24). The predicted molar refractivity (Wildman–Crippen MR) is 106 cm³/mol. The highest BCUT2D eigenvalue weighted by Gasteiger charge is 2.32. The monoisotopic (exact) mass is 380 g/mol. The van der Waals surface area contributed by atoms with Crippen molar-refractivity contribution in [1.82, 2.24) is 0 Å². The van der Waals surface area contributed by atoms with Gasteiger partial charge in [0.15, 0.2) is 0 Å². The Labute approximate surface area is 159 Å². The fourth-order valence-corrected chi connectivity index (χ4v) is 3.14. The molecule has 0 bridgehead atoms. The minimum atomic E-state index is -1.60. The molecule has 0 heterocycles. The zero-order valence-corrected chi connectivity index (χ0v) is 17.5. The molecule has 2 nitrogen and oxygen atoms in total. The van der Waals surface area contributed by atoms with Gasteiger partial charge in [0.1, 0.15) is 0 Å². The molecule has 0 unspecified atom stereocenters. The SMILES string of the molecule is CC(C)(C)CCCCCCCCCCCCCCC(Cl)(Cl)C(=O)O. The molecule has 0 fully saturated rings. The molecule has 0 aliphatic heterocycles. The van der Waals surface area contributed by atoms with Crippen LogP contribution in [-0.4, -0.2) is 15.4 Å². The van der Waals surface area contributed by atoms with E-state index in [2.05, 4.69) is 20.8 Å². The van der Waals surface area contributed by atoms with Crippen LogP contribution in [0.3, 0.4) is 0 Å². The van der Waals surface area contributed by atoms with E-state index in [0.29, 0.717) is 11.8 Å². The van der Waals surface area contributed by atoms with Crippen molar-refractivity contribution >= 4 is 29.2 Å². The Hall–Kier alpha value is 0.0500. The van der Waals surface area contributed by atoms with E-state index in [1.54, 1.807) is 0 Å². The summed E-state index contributed by atoms with van der Waals surface area (Å²) >= 11 is 11.4. The number of hydrogen-bond donors (Lipinski definition) is 1. The number of alkyl halides is 2. The summed E-state index contributed by atoms with van der Waals surface area (Å²) in [4.78, 5) is 10.8. The molecule has 0 spiro atoms. The van der Waals surface area contributed by atoms with Crippen molar-refractivity contribution in [2.24, 2.45) is 5.41 Å². The van der Waals surface area contributed by atoms with Gasteiger partial charge in [0.05, 0.1) is 0 Å². The first kappa shape index (κ1) is 24.1. The molecule has 0 saturated carbocycles. The van der Waals surface area contributed by atoms with Gasteiger partial charge in [-0.25, -0.2) is 4.79 Å². The van der Waals surface area contributed by atoms with E-state index in [9.17, 15) is 4.79 Å². The Morgan fingerprint density at radius 3 is 1.25 bits per heavy atom. The van der Waals surface area contributed by atoms with Crippen molar-refractivity contribution < 1.29 is 9.90 Å². The first-order valence-corrected chi connectivity index (χ1v) is 10.5. The van der Waals surface area contributed by atoms with Crippen LogP contribution in [0.25, 0.3) is 0 Å². The van der Waals surface area contributed by atoms with Crippen LogP contribution in [0.4, 0.5) is 0 Å². The van der Waals surface area contributed by atoms with Gasteiger partial charge >= 0.3 is 5.97 Å². The summed E-state index contributed by atoms with van der Waals surface area (Å²) in [7, 11) is 0. The van der Waals surface area contributed by atoms with Crippen LogP contribution in [0, 0.1) is 5.41 Å². The van der Waals surface area contributed by atoms with Crippen LogP contribution in [0.15, 0.2) is 0 Å². The third-order valence-electron chi connectivity index (χ3n) is 4.48. The van der Waals surface area contributed by atoms with E-state index < -0.39 is 10.3 Å². The van der Waals surface area contributed by atoms with Gasteiger partial charge in [0, 0.05) is 0 Å². The third kappa shape index (κ3) is 15.6. The van der Waals surface area contributed by atoms with Crippen LogP contribution in [-0.2, 0) is 4.79 Å². The van der Waals surface area contributed by atoms with Gasteiger partial charge in [-0.05, 0) is 24.7 Å². The van der Waals surface area contributed by atoms with Crippen LogP contribution in [0.1, 0.15) is 111 Å². The molecule has 0 aliphatic carbocycles. The lowest BCUT2D eigenvalue weighted by atomic mass is 9.89. The lowest BCUT2D eigenvalue weighted by molar-refractivity contribution is -0.138. The predicted octanol–water partition coefficient (Wildman–Crippen LogP) is 7.75. The second-order valence-corrected chi connectivity index (χ2v) is 9.80. The van der Waals surface area contributed by atoms with E-state index in [4.69, 9.17) is 28.3 Å². The molecule has 0 aromatic heterocycles. The Kier molecular flexibility index (Phi) is 13.3. The van der Waals surface area contributed by atoms with Gasteiger partial charge in [0.2, 0.25) is 4.33 Å². The smallest absolute Gasteiger partial charge is 0.340 e. The van der Waals surface area contributed by atoms with Gasteiger partial charge in [-0.2, -0.15) is 0 Å². The molecule has 0 radical (unpaired) electrons.